The van der Waals surface area contributed by atoms with Crippen LogP contribution in [-0.4, -0.2) is 5.11 Å². The number of hydrogen-bond acceptors (Lipinski definition) is 1. The summed E-state index contributed by atoms with van der Waals surface area (Å²) < 4.78 is 0. The topological polar surface area (TPSA) is 20.2 Å². The van der Waals surface area contributed by atoms with Gasteiger partial charge in [-0.1, -0.05) is 45.1 Å². The van der Waals surface area contributed by atoms with Gasteiger partial charge in [-0.05, 0) is 42.0 Å². The lowest BCUT2D eigenvalue weighted by molar-refractivity contribution is 0.356. The smallest absolute Gasteiger partial charge is 0.116 e. The van der Waals surface area contributed by atoms with Crippen molar-refractivity contribution in [3.63, 3.8) is 0 Å². The molecule has 0 unspecified atom stereocenters. The number of phenolic OH excluding ortho intramolecular Hbond substituents is 1. The molecule has 0 radical (unpaired) electrons. The second kappa shape index (κ2) is 5.38. The molecule has 0 saturated heterocycles. The van der Waals surface area contributed by atoms with Crippen LogP contribution in [0.3, 0.4) is 0 Å². The molecular formula is C15H22O. The molecular weight excluding hydrogens is 196 g/mol. The maximum absolute atomic E-state index is 9.65. The van der Waals surface area contributed by atoms with E-state index in [-0.39, 0.29) is 0 Å². The van der Waals surface area contributed by atoms with Gasteiger partial charge in [-0.2, -0.15) is 0 Å². The monoisotopic (exact) mass is 218 g/mol. The summed E-state index contributed by atoms with van der Waals surface area (Å²) in [5, 5.41) is 9.65. The van der Waals surface area contributed by atoms with Crippen molar-refractivity contribution in [2.75, 3.05) is 0 Å². The number of benzene rings is 1. The summed E-state index contributed by atoms with van der Waals surface area (Å²) >= 11 is 0. The minimum absolute atomic E-state index is 0.435. The molecule has 1 nitrogen and oxygen atoms in total. The average molecular weight is 218 g/mol. The Morgan fingerprint density at radius 3 is 2.44 bits per heavy atom. The van der Waals surface area contributed by atoms with Crippen molar-refractivity contribution in [1.29, 1.82) is 0 Å². The first-order valence-corrected chi connectivity index (χ1v) is 6.59. The highest BCUT2D eigenvalue weighted by Gasteiger charge is 2.14. The normalized spacial score (nSPS) is 17.6. The number of hydrogen-bond donors (Lipinski definition) is 1. The molecule has 88 valence electrons. The van der Waals surface area contributed by atoms with E-state index in [1.54, 1.807) is 0 Å². The lowest BCUT2D eigenvalue weighted by Crippen LogP contribution is -2.09. The largest absolute Gasteiger partial charge is 0.508 e. The number of aryl methyl sites for hydroxylation is 1. The van der Waals surface area contributed by atoms with Gasteiger partial charge < -0.3 is 5.11 Å². The van der Waals surface area contributed by atoms with Crippen LogP contribution in [0.1, 0.15) is 50.2 Å². The van der Waals surface area contributed by atoms with Gasteiger partial charge in [0.2, 0.25) is 0 Å². The van der Waals surface area contributed by atoms with Crippen LogP contribution in [0.25, 0.3) is 0 Å². The quantitative estimate of drug-likeness (QED) is 0.810. The molecule has 1 saturated carbocycles. The molecule has 1 heteroatoms. The molecule has 0 aliphatic heterocycles. The molecule has 1 aliphatic carbocycles. The van der Waals surface area contributed by atoms with Crippen molar-refractivity contribution in [2.24, 2.45) is 5.92 Å². The minimum atomic E-state index is 0.435. The first kappa shape index (κ1) is 11.5. The Labute approximate surface area is 98.5 Å². The third-order valence-corrected chi connectivity index (χ3v) is 3.69. The van der Waals surface area contributed by atoms with Gasteiger partial charge in [0.05, 0.1) is 0 Å². The number of rotatable bonds is 3. The Balaban J connectivity index is 2.04. The van der Waals surface area contributed by atoms with Gasteiger partial charge >= 0.3 is 0 Å². The van der Waals surface area contributed by atoms with Crippen molar-refractivity contribution < 1.29 is 5.11 Å². The first-order chi connectivity index (χ1) is 7.78. The van der Waals surface area contributed by atoms with Gasteiger partial charge in [0.15, 0.2) is 0 Å². The zero-order valence-corrected chi connectivity index (χ0v) is 10.2. The van der Waals surface area contributed by atoms with Crippen molar-refractivity contribution in [1.82, 2.24) is 0 Å². The van der Waals surface area contributed by atoms with Gasteiger partial charge in [-0.15, -0.1) is 0 Å². The van der Waals surface area contributed by atoms with Gasteiger partial charge in [0.1, 0.15) is 5.75 Å². The fourth-order valence-electron chi connectivity index (χ4n) is 2.79. The van der Waals surface area contributed by atoms with Crippen molar-refractivity contribution in [3.05, 3.63) is 29.3 Å². The molecule has 0 aromatic heterocycles. The van der Waals surface area contributed by atoms with E-state index in [1.165, 1.54) is 43.2 Å². The van der Waals surface area contributed by atoms with E-state index < -0.39 is 0 Å². The van der Waals surface area contributed by atoms with Crippen LogP contribution >= 0.6 is 0 Å². The summed E-state index contributed by atoms with van der Waals surface area (Å²) in [5.74, 6) is 1.28. The summed E-state index contributed by atoms with van der Waals surface area (Å²) in [6, 6.07) is 6.08. The summed E-state index contributed by atoms with van der Waals surface area (Å²) in [4.78, 5) is 0. The second-order valence-corrected chi connectivity index (χ2v) is 5.07. The first-order valence-electron chi connectivity index (χ1n) is 6.59. The van der Waals surface area contributed by atoms with Crippen LogP contribution in [0.5, 0.6) is 5.75 Å². The van der Waals surface area contributed by atoms with E-state index in [4.69, 9.17) is 0 Å². The van der Waals surface area contributed by atoms with Crippen LogP contribution in [0.4, 0.5) is 0 Å². The summed E-state index contributed by atoms with van der Waals surface area (Å²) in [5.41, 5.74) is 2.58. The van der Waals surface area contributed by atoms with E-state index in [2.05, 4.69) is 13.0 Å². The lowest BCUT2D eigenvalue weighted by Gasteiger charge is -2.21. The predicted octanol–water partition coefficient (Wildman–Crippen LogP) is 4.08. The Bertz CT molecular complexity index is 337. The summed E-state index contributed by atoms with van der Waals surface area (Å²) in [7, 11) is 0. The average Bonchev–Trinajstić information content (AvgIpc) is 2.29. The summed E-state index contributed by atoms with van der Waals surface area (Å²) in [6.07, 6.45) is 9.10. The maximum Gasteiger partial charge on any atom is 0.116 e. The van der Waals surface area contributed by atoms with Crippen LogP contribution in [-0.2, 0) is 12.8 Å². The van der Waals surface area contributed by atoms with Crippen LogP contribution < -0.4 is 0 Å². The fourth-order valence-corrected chi connectivity index (χ4v) is 2.79. The minimum Gasteiger partial charge on any atom is -0.508 e. The van der Waals surface area contributed by atoms with Crippen LogP contribution in [0.2, 0.25) is 0 Å². The van der Waals surface area contributed by atoms with E-state index in [1.807, 2.05) is 12.1 Å². The molecule has 1 N–H and O–H groups in total. The SMILES string of the molecule is CCc1cc(O)cc(CC2CCCCC2)c1. The molecule has 1 aromatic rings. The lowest BCUT2D eigenvalue weighted by atomic mass is 9.84. The van der Waals surface area contributed by atoms with Crippen molar-refractivity contribution in [2.45, 2.75) is 51.9 Å². The van der Waals surface area contributed by atoms with E-state index in [0.717, 1.165) is 18.8 Å². The molecule has 0 bridgehead atoms. The van der Waals surface area contributed by atoms with Crippen molar-refractivity contribution >= 4 is 0 Å². The Morgan fingerprint density at radius 1 is 1.06 bits per heavy atom. The van der Waals surface area contributed by atoms with Gasteiger partial charge in [0.25, 0.3) is 0 Å². The molecule has 0 amide bonds. The highest BCUT2D eigenvalue weighted by atomic mass is 16.3. The highest BCUT2D eigenvalue weighted by molar-refractivity contribution is 5.33. The third-order valence-electron chi connectivity index (χ3n) is 3.69. The standard InChI is InChI=1S/C15H22O/c1-2-12-8-14(11-15(16)10-12)9-13-6-4-3-5-7-13/h8,10-11,13,16H,2-7,9H2,1H3. The third kappa shape index (κ3) is 3.01. The van der Waals surface area contributed by atoms with Gasteiger partial charge in [-0.25, -0.2) is 0 Å². The van der Waals surface area contributed by atoms with Crippen molar-refractivity contribution in [3.8, 4) is 5.75 Å². The molecule has 2 rings (SSSR count). The second-order valence-electron chi connectivity index (χ2n) is 5.07. The highest BCUT2D eigenvalue weighted by Crippen LogP contribution is 2.28. The van der Waals surface area contributed by atoms with E-state index in [0.29, 0.717) is 5.75 Å². The van der Waals surface area contributed by atoms with Gasteiger partial charge in [0, 0.05) is 0 Å². The molecule has 1 aliphatic rings. The Kier molecular flexibility index (Phi) is 3.87. The molecule has 1 fully saturated rings. The Morgan fingerprint density at radius 2 is 1.75 bits per heavy atom. The van der Waals surface area contributed by atoms with E-state index in [9.17, 15) is 5.11 Å². The molecule has 0 atom stereocenters. The van der Waals surface area contributed by atoms with Crippen LogP contribution in [0, 0.1) is 5.92 Å². The predicted molar refractivity (Wildman–Crippen MR) is 67.8 cm³/mol. The van der Waals surface area contributed by atoms with Gasteiger partial charge in [-0.3, -0.25) is 0 Å². The Hall–Kier alpha value is -0.980. The molecule has 1 aromatic carbocycles. The number of phenols is 1. The van der Waals surface area contributed by atoms with E-state index >= 15 is 0 Å². The molecule has 16 heavy (non-hydrogen) atoms. The molecule has 0 heterocycles. The maximum atomic E-state index is 9.65. The zero-order chi connectivity index (χ0) is 11.4. The summed E-state index contributed by atoms with van der Waals surface area (Å²) in [6.45, 7) is 2.14. The number of aromatic hydroxyl groups is 1. The zero-order valence-electron chi connectivity index (χ0n) is 10.2. The fraction of sp³-hybridized carbons (Fsp3) is 0.600. The van der Waals surface area contributed by atoms with Crippen LogP contribution in [0.15, 0.2) is 18.2 Å². The molecule has 0 spiro atoms.